The fourth-order valence-corrected chi connectivity index (χ4v) is 2.40. The van der Waals surface area contributed by atoms with Crippen LogP contribution in [0.4, 0.5) is 13.2 Å². The van der Waals surface area contributed by atoms with Crippen molar-refractivity contribution in [2.75, 3.05) is 6.61 Å². The van der Waals surface area contributed by atoms with Gasteiger partial charge < -0.3 is 4.74 Å². The minimum Gasteiger partial charge on any atom is -0.456 e. The second-order valence-electron chi connectivity index (χ2n) is 5.90. The van der Waals surface area contributed by atoms with Crippen LogP contribution < -0.4 is 0 Å². The van der Waals surface area contributed by atoms with Crippen LogP contribution >= 0.6 is 0 Å². The van der Waals surface area contributed by atoms with E-state index in [0.717, 1.165) is 12.8 Å². The van der Waals surface area contributed by atoms with E-state index in [1.54, 1.807) is 6.92 Å². The van der Waals surface area contributed by atoms with Gasteiger partial charge in [0.1, 0.15) is 0 Å². The van der Waals surface area contributed by atoms with Crippen LogP contribution in [0.2, 0.25) is 0 Å². The standard InChI is InChI=1S/C14H25F3O2/c1-6-7-11(4)13(5,8-10(2)3)12(18)19-9-14(15,16)17/h10-11H,6-9H2,1-5H3. The largest absolute Gasteiger partial charge is 0.456 e. The van der Waals surface area contributed by atoms with Crippen LogP contribution in [0.1, 0.15) is 53.9 Å². The summed E-state index contributed by atoms with van der Waals surface area (Å²) in [6, 6.07) is 0. The van der Waals surface area contributed by atoms with Gasteiger partial charge in [0, 0.05) is 0 Å². The summed E-state index contributed by atoms with van der Waals surface area (Å²) < 4.78 is 40.9. The van der Waals surface area contributed by atoms with E-state index in [-0.39, 0.29) is 11.8 Å². The maximum absolute atomic E-state index is 12.1. The van der Waals surface area contributed by atoms with E-state index in [0.29, 0.717) is 6.42 Å². The van der Waals surface area contributed by atoms with E-state index < -0.39 is 24.2 Å². The lowest BCUT2D eigenvalue weighted by Gasteiger charge is -2.35. The summed E-state index contributed by atoms with van der Waals surface area (Å²) in [6.45, 7) is 8.01. The third-order valence-electron chi connectivity index (χ3n) is 3.47. The average Bonchev–Trinajstić information content (AvgIpc) is 2.23. The monoisotopic (exact) mass is 282 g/mol. The summed E-state index contributed by atoms with van der Waals surface area (Å²) in [4.78, 5) is 12.0. The lowest BCUT2D eigenvalue weighted by Crippen LogP contribution is -2.39. The molecule has 0 spiro atoms. The van der Waals surface area contributed by atoms with Gasteiger partial charge in [-0.1, -0.05) is 34.1 Å². The molecular weight excluding hydrogens is 257 g/mol. The van der Waals surface area contributed by atoms with Gasteiger partial charge in [-0.3, -0.25) is 4.79 Å². The molecule has 0 amide bonds. The van der Waals surface area contributed by atoms with Gasteiger partial charge in [-0.2, -0.15) is 13.2 Å². The van der Waals surface area contributed by atoms with Crippen molar-refractivity contribution in [3.05, 3.63) is 0 Å². The summed E-state index contributed by atoms with van der Waals surface area (Å²) >= 11 is 0. The van der Waals surface area contributed by atoms with E-state index >= 15 is 0 Å². The fraction of sp³-hybridized carbons (Fsp3) is 0.929. The molecule has 114 valence electrons. The van der Waals surface area contributed by atoms with E-state index in [9.17, 15) is 18.0 Å². The Bertz CT molecular complexity index is 287. The third-order valence-corrected chi connectivity index (χ3v) is 3.47. The second kappa shape index (κ2) is 7.15. The van der Waals surface area contributed by atoms with Gasteiger partial charge in [0.25, 0.3) is 0 Å². The van der Waals surface area contributed by atoms with Gasteiger partial charge in [-0.25, -0.2) is 0 Å². The maximum Gasteiger partial charge on any atom is 0.422 e. The Labute approximate surface area is 113 Å². The van der Waals surface area contributed by atoms with Gasteiger partial charge in [-0.15, -0.1) is 0 Å². The Hall–Kier alpha value is -0.740. The zero-order valence-electron chi connectivity index (χ0n) is 12.4. The van der Waals surface area contributed by atoms with E-state index in [1.807, 2.05) is 27.7 Å². The molecule has 2 atom stereocenters. The molecule has 0 bridgehead atoms. The Morgan fingerprint density at radius 3 is 2.11 bits per heavy atom. The van der Waals surface area contributed by atoms with Gasteiger partial charge in [0.2, 0.25) is 0 Å². The lowest BCUT2D eigenvalue weighted by atomic mass is 9.71. The van der Waals surface area contributed by atoms with E-state index in [4.69, 9.17) is 0 Å². The Kier molecular flexibility index (Phi) is 6.87. The van der Waals surface area contributed by atoms with Crippen LogP contribution in [0, 0.1) is 17.3 Å². The predicted octanol–water partition coefficient (Wildman–Crippen LogP) is 4.58. The van der Waals surface area contributed by atoms with Crippen LogP contribution in [0.25, 0.3) is 0 Å². The van der Waals surface area contributed by atoms with Gasteiger partial charge in [0.15, 0.2) is 6.61 Å². The average molecular weight is 282 g/mol. The first kappa shape index (κ1) is 18.3. The summed E-state index contributed by atoms with van der Waals surface area (Å²) in [5.41, 5.74) is -0.852. The van der Waals surface area contributed by atoms with E-state index in [2.05, 4.69) is 4.74 Å². The minimum atomic E-state index is -4.47. The second-order valence-corrected chi connectivity index (χ2v) is 5.90. The number of alkyl halides is 3. The van der Waals surface area contributed by atoms with Gasteiger partial charge >= 0.3 is 12.1 Å². The Morgan fingerprint density at radius 2 is 1.74 bits per heavy atom. The highest BCUT2D eigenvalue weighted by atomic mass is 19.4. The SMILES string of the molecule is CCCC(C)C(C)(CC(C)C)C(=O)OCC(F)(F)F. The first-order chi connectivity index (χ1) is 8.53. The van der Waals surface area contributed by atoms with Crippen LogP contribution in [-0.4, -0.2) is 18.8 Å². The maximum atomic E-state index is 12.1. The molecule has 2 nitrogen and oxygen atoms in total. The first-order valence-electron chi connectivity index (χ1n) is 6.77. The summed E-state index contributed by atoms with van der Waals surface area (Å²) in [5, 5.41) is 0. The molecule has 0 fully saturated rings. The molecule has 0 radical (unpaired) electrons. The van der Waals surface area contributed by atoms with Crippen LogP contribution in [0.5, 0.6) is 0 Å². The lowest BCUT2D eigenvalue weighted by molar-refractivity contribution is -0.195. The first-order valence-corrected chi connectivity index (χ1v) is 6.77. The topological polar surface area (TPSA) is 26.3 Å². The van der Waals surface area contributed by atoms with Gasteiger partial charge in [0.05, 0.1) is 5.41 Å². The van der Waals surface area contributed by atoms with Crippen molar-refractivity contribution in [3.63, 3.8) is 0 Å². The molecule has 0 aliphatic heterocycles. The molecule has 0 aliphatic carbocycles. The van der Waals surface area contributed by atoms with Crippen molar-refractivity contribution >= 4 is 5.97 Å². The smallest absolute Gasteiger partial charge is 0.422 e. The number of hydrogen-bond donors (Lipinski definition) is 0. The van der Waals surface area contributed by atoms with Crippen molar-refractivity contribution in [3.8, 4) is 0 Å². The van der Waals surface area contributed by atoms with Crippen molar-refractivity contribution < 1.29 is 22.7 Å². The Morgan fingerprint density at radius 1 is 1.21 bits per heavy atom. The summed E-state index contributed by atoms with van der Waals surface area (Å²) in [7, 11) is 0. The molecule has 0 aliphatic rings. The predicted molar refractivity (Wildman–Crippen MR) is 68.6 cm³/mol. The quantitative estimate of drug-likeness (QED) is 0.639. The molecule has 0 rings (SSSR count). The minimum absolute atomic E-state index is 0.000587. The molecule has 0 aromatic heterocycles. The van der Waals surface area contributed by atoms with Gasteiger partial charge in [-0.05, 0) is 31.6 Å². The van der Waals surface area contributed by atoms with Crippen molar-refractivity contribution in [1.82, 2.24) is 0 Å². The molecule has 2 unspecified atom stereocenters. The molecule has 0 saturated heterocycles. The molecule has 0 aromatic carbocycles. The zero-order valence-corrected chi connectivity index (χ0v) is 12.4. The number of hydrogen-bond acceptors (Lipinski definition) is 2. The molecule has 0 heterocycles. The van der Waals surface area contributed by atoms with Crippen LogP contribution in [-0.2, 0) is 9.53 Å². The number of rotatable bonds is 7. The highest BCUT2D eigenvalue weighted by Gasteiger charge is 2.42. The number of carbonyl (C=O) groups is 1. The van der Waals surface area contributed by atoms with Crippen molar-refractivity contribution in [1.29, 1.82) is 0 Å². The zero-order chi connectivity index (χ0) is 15.3. The normalized spacial score (nSPS) is 17.1. The number of esters is 1. The summed E-state index contributed by atoms with van der Waals surface area (Å²) in [5.74, 6) is -0.511. The third kappa shape index (κ3) is 6.30. The fourth-order valence-electron chi connectivity index (χ4n) is 2.40. The molecule has 0 saturated carbocycles. The van der Waals surface area contributed by atoms with E-state index in [1.165, 1.54) is 0 Å². The van der Waals surface area contributed by atoms with Crippen LogP contribution in [0.15, 0.2) is 0 Å². The highest BCUT2D eigenvalue weighted by molar-refractivity contribution is 5.76. The molecule has 0 N–H and O–H groups in total. The number of ether oxygens (including phenoxy) is 1. The summed E-state index contributed by atoms with van der Waals surface area (Å²) in [6.07, 6.45) is -2.25. The number of carbonyl (C=O) groups excluding carboxylic acids is 1. The van der Waals surface area contributed by atoms with Crippen molar-refractivity contribution in [2.45, 2.75) is 60.1 Å². The molecule has 19 heavy (non-hydrogen) atoms. The molecule has 0 aromatic rings. The van der Waals surface area contributed by atoms with Crippen LogP contribution in [0.3, 0.4) is 0 Å². The molecule has 5 heteroatoms. The highest BCUT2D eigenvalue weighted by Crippen LogP contribution is 2.38. The van der Waals surface area contributed by atoms with Crippen molar-refractivity contribution in [2.24, 2.45) is 17.3 Å². The molecular formula is C14H25F3O2. The Balaban J connectivity index is 4.87. The number of halogens is 3.